The number of rotatable bonds is 13. The van der Waals surface area contributed by atoms with Gasteiger partial charge < -0.3 is 20.6 Å². The predicted molar refractivity (Wildman–Crippen MR) is 137 cm³/mol. The molecule has 2 aromatic heterocycles. The number of carboxylic acids is 1. The third-order valence-corrected chi connectivity index (χ3v) is 8.40. The Kier molecular flexibility index (Phi) is 9.63. The molecule has 11 nitrogen and oxygen atoms in total. The number of phenolic OH excluding ortho intramolecular Hbond substituents is 2. The normalized spacial score (nSPS) is 12.1. The van der Waals surface area contributed by atoms with E-state index in [1.165, 1.54) is 23.9 Å². The van der Waals surface area contributed by atoms with Crippen molar-refractivity contribution in [2.75, 3.05) is 5.75 Å². The summed E-state index contributed by atoms with van der Waals surface area (Å²) >= 11 is 2.25. The highest BCUT2D eigenvalue weighted by atomic mass is 32.2. The number of sulfonamides is 1. The number of Topliss-reactive ketones (excluding diaryl/α,β-unsaturated/α-hetero) is 1. The van der Waals surface area contributed by atoms with Crippen LogP contribution in [0.2, 0.25) is 0 Å². The van der Waals surface area contributed by atoms with Gasteiger partial charge in [0, 0.05) is 35.6 Å². The third-order valence-electron chi connectivity index (χ3n) is 4.89. The summed E-state index contributed by atoms with van der Waals surface area (Å²) in [4.78, 5) is 40.9. The van der Waals surface area contributed by atoms with E-state index in [-0.39, 0.29) is 22.1 Å². The molecule has 14 heteroatoms. The molecular formula is C23H23N3O8S3. The molecule has 1 amide bonds. The van der Waals surface area contributed by atoms with E-state index in [2.05, 4.69) is 15.0 Å². The zero-order chi connectivity index (χ0) is 27.0. The van der Waals surface area contributed by atoms with Gasteiger partial charge in [0.05, 0.1) is 28.0 Å². The number of nitrogens with one attached hydrogen (secondary N) is 2. The quantitative estimate of drug-likeness (QED) is 0.192. The Labute approximate surface area is 220 Å². The Bertz CT molecular complexity index is 1380. The average molecular weight is 566 g/mol. The molecule has 0 fully saturated rings. The number of carbonyl (C=O) groups is 3. The Balaban J connectivity index is 1.58. The number of aliphatic carboxylic acids is 1. The molecule has 2 heterocycles. The molecule has 0 saturated carbocycles. The van der Waals surface area contributed by atoms with Crippen molar-refractivity contribution in [2.45, 2.75) is 29.7 Å². The Morgan fingerprint density at radius 3 is 2.54 bits per heavy atom. The fourth-order valence-corrected chi connectivity index (χ4v) is 5.90. The van der Waals surface area contributed by atoms with E-state index in [0.717, 1.165) is 35.1 Å². The van der Waals surface area contributed by atoms with Crippen LogP contribution in [0.4, 0.5) is 0 Å². The van der Waals surface area contributed by atoms with Gasteiger partial charge in [-0.25, -0.2) is 13.1 Å². The predicted octanol–water partition coefficient (Wildman–Crippen LogP) is 2.11. The summed E-state index contributed by atoms with van der Waals surface area (Å²) in [7, 11) is -4.01. The number of nitrogens with zero attached hydrogens (tertiary/aromatic N) is 1. The van der Waals surface area contributed by atoms with Crippen LogP contribution in [0.3, 0.4) is 0 Å². The van der Waals surface area contributed by atoms with E-state index in [4.69, 9.17) is 0 Å². The molecule has 3 rings (SSSR count). The number of aromatic hydroxyl groups is 2. The largest absolute Gasteiger partial charge is 0.504 e. The van der Waals surface area contributed by atoms with Crippen LogP contribution in [-0.2, 0) is 31.9 Å². The number of pyridine rings is 1. The first-order chi connectivity index (χ1) is 17.5. The van der Waals surface area contributed by atoms with Gasteiger partial charge in [-0.15, -0.1) is 23.1 Å². The minimum absolute atomic E-state index is 0.00257. The zero-order valence-electron chi connectivity index (χ0n) is 19.2. The topological polar surface area (TPSA) is 183 Å². The lowest BCUT2D eigenvalue weighted by molar-refractivity contribution is -0.139. The summed E-state index contributed by atoms with van der Waals surface area (Å²) in [5.74, 6) is -2.87. The Hall–Kier alpha value is -3.46. The van der Waals surface area contributed by atoms with Gasteiger partial charge in [-0.1, -0.05) is 6.07 Å². The minimum Gasteiger partial charge on any atom is -0.504 e. The van der Waals surface area contributed by atoms with Gasteiger partial charge in [-0.3, -0.25) is 19.4 Å². The molecule has 0 aliphatic carbocycles. The van der Waals surface area contributed by atoms with Gasteiger partial charge in [0.15, 0.2) is 17.3 Å². The highest BCUT2D eigenvalue weighted by molar-refractivity contribution is 7.99. The maximum atomic E-state index is 12.7. The number of hydrogen-bond acceptors (Lipinski definition) is 10. The van der Waals surface area contributed by atoms with Crippen LogP contribution < -0.4 is 10.0 Å². The molecule has 0 bridgehead atoms. The summed E-state index contributed by atoms with van der Waals surface area (Å²) < 4.78 is 27.2. The lowest BCUT2D eigenvalue weighted by Crippen LogP contribution is -2.43. The zero-order valence-corrected chi connectivity index (χ0v) is 21.6. The Morgan fingerprint density at radius 1 is 1.08 bits per heavy atom. The van der Waals surface area contributed by atoms with E-state index in [1.54, 1.807) is 18.5 Å². The molecule has 0 aliphatic rings. The first kappa shape index (κ1) is 28.1. The standard InChI is InChI=1S/C23H23N3O8S3/c27-18-5-4-16(8-19(18)28)37(33,34)25-11-15-3-6-21(36-15)23(32)26-17(9-22(30)31)20(29)13-35-12-14-2-1-7-24-10-14/h1-8,10,17,25,27-28H,9,11-13H2,(H,26,32)(H,30,31). The van der Waals surface area contributed by atoms with Crippen molar-refractivity contribution in [3.8, 4) is 11.5 Å². The second kappa shape index (κ2) is 12.7. The first-order valence-corrected chi connectivity index (χ1v) is 14.1. The van der Waals surface area contributed by atoms with Gasteiger partial charge in [0.2, 0.25) is 10.0 Å². The second-order valence-corrected chi connectivity index (χ2v) is 11.6. The van der Waals surface area contributed by atoms with Crippen molar-refractivity contribution in [3.63, 3.8) is 0 Å². The molecule has 37 heavy (non-hydrogen) atoms. The monoisotopic (exact) mass is 565 g/mol. The van der Waals surface area contributed by atoms with Gasteiger partial charge in [0.1, 0.15) is 0 Å². The highest BCUT2D eigenvalue weighted by Crippen LogP contribution is 2.27. The number of benzene rings is 1. The van der Waals surface area contributed by atoms with Crippen LogP contribution in [-0.4, -0.2) is 58.2 Å². The van der Waals surface area contributed by atoms with Crippen molar-refractivity contribution in [3.05, 3.63) is 70.2 Å². The number of carboxylic acid groups (broad SMARTS) is 1. The van der Waals surface area contributed by atoms with E-state index in [1.807, 2.05) is 6.07 Å². The van der Waals surface area contributed by atoms with E-state index >= 15 is 0 Å². The van der Waals surface area contributed by atoms with Crippen LogP contribution in [0.5, 0.6) is 11.5 Å². The lowest BCUT2D eigenvalue weighted by atomic mass is 10.1. The molecular weight excluding hydrogens is 542 g/mol. The number of amides is 1. The van der Waals surface area contributed by atoms with Gasteiger partial charge in [0.25, 0.3) is 5.91 Å². The van der Waals surface area contributed by atoms with Crippen LogP contribution in [0.15, 0.2) is 59.8 Å². The second-order valence-electron chi connectivity index (χ2n) is 7.69. The Morgan fingerprint density at radius 2 is 1.86 bits per heavy atom. The van der Waals surface area contributed by atoms with E-state index < -0.39 is 51.6 Å². The third kappa shape index (κ3) is 8.28. The smallest absolute Gasteiger partial charge is 0.305 e. The maximum Gasteiger partial charge on any atom is 0.305 e. The number of thioether (sulfide) groups is 1. The lowest BCUT2D eigenvalue weighted by Gasteiger charge is -2.15. The summed E-state index contributed by atoms with van der Waals surface area (Å²) in [6.45, 7) is -0.162. The molecule has 5 N–H and O–H groups in total. The molecule has 3 aromatic rings. The average Bonchev–Trinajstić information content (AvgIpc) is 3.34. The molecule has 1 atom stereocenters. The molecule has 1 aromatic carbocycles. The summed E-state index contributed by atoms with van der Waals surface area (Å²) in [5.41, 5.74) is 0.906. The molecule has 0 saturated heterocycles. The summed E-state index contributed by atoms with van der Waals surface area (Å²) in [6, 6.07) is 8.43. The van der Waals surface area contributed by atoms with Crippen LogP contribution in [0.25, 0.3) is 0 Å². The fraction of sp³-hybridized carbons (Fsp3) is 0.217. The number of carbonyl (C=O) groups excluding carboxylic acids is 2. The highest BCUT2D eigenvalue weighted by Gasteiger charge is 2.25. The maximum absolute atomic E-state index is 12.7. The minimum atomic E-state index is -4.01. The van der Waals surface area contributed by atoms with Crippen molar-refractivity contribution in [1.82, 2.24) is 15.0 Å². The van der Waals surface area contributed by atoms with Crippen molar-refractivity contribution >= 4 is 50.8 Å². The van der Waals surface area contributed by atoms with Gasteiger partial charge in [-0.05, 0) is 35.9 Å². The number of phenols is 2. The van der Waals surface area contributed by atoms with Crippen molar-refractivity contribution < 1.29 is 38.1 Å². The van der Waals surface area contributed by atoms with Crippen LogP contribution in [0, 0.1) is 0 Å². The SMILES string of the molecule is O=C(O)CC(NC(=O)c1ccc(CNS(=O)(=O)c2ccc(O)c(O)c2)s1)C(=O)CSCc1cccnc1. The van der Waals surface area contributed by atoms with Crippen molar-refractivity contribution in [2.24, 2.45) is 0 Å². The van der Waals surface area contributed by atoms with Gasteiger partial charge >= 0.3 is 5.97 Å². The fourth-order valence-electron chi connectivity index (χ4n) is 3.02. The molecule has 196 valence electrons. The molecule has 0 spiro atoms. The van der Waals surface area contributed by atoms with Gasteiger partial charge in [-0.2, -0.15) is 0 Å². The van der Waals surface area contributed by atoms with E-state index in [0.29, 0.717) is 10.6 Å². The molecule has 0 radical (unpaired) electrons. The molecule has 0 aliphatic heterocycles. The number of thiophene rings is 1. The number of hydrogen-bond donors (Lipinski definition) is 5. The number of ketones is 1. The first-order valence-electron chi connectivity index (χ1n) is 10.7. The van der Waals surface area contributed by atoms with E-state index in [9.17, 15) is 38.1 Å². The van der Waals surface area contributed by atoms with Crippen molar-refractivity contribution in [1.29, 1.82) is 0 Å². The summed E-state index contributed by atoms with van der Waals surface area (Å²) in [6.07, 6.45) is 2.72. The number of aromatic nitrogens is 1. The van der Waals surface area contributed by atoms with Crippen LogP contribution in [0.1, 0.15) is 26.5 Å². The van der Waals surface area contributed by atoms with Crippen LogP contribution >= 0.6 is 23.1 Å². The summed E-state index contributed by atoms with van der Waals surface area (Å²) in [5, 5.41) is 30.5. The molecule has 1 unspecified atom stereocenters.